The molecule has 0 spiro atoms. The second-order valence-electron chi connectivity index (χ2n) is 5.39. The molecule has 0 fully saturated rings. The number of aromatic hydroxyl groups is 1. The Labute approximate surface area is 149 Å². The number of nitrogens with zero attached hydrogens (tertiary/aromatic N) is 1. The van der Waals surface area contributed by atoms with Crippen LogP contribution in [-0.2, 0) is 10.9 Å². The second-order valence-corrected chi connectivity index (χ2v) is 6.44. The van der Waals surface area contributed by atoms with E-state index in [1.807, 2.05) is 6.07 Å². The van der Waals surface area contributed by atoms with E-state index in [0.717, 1.165) is 6.07 Å². The SMILES string of the molecule is COC(=O)c1ccc(-c2cc(C#N)cc3cc(C(F)(F)F)sc23)cc1O. The summed E-state index contributed by atoms with van der Waals surface area (Å²) in [6.07, 6.45) is -4.50. The number of esters is 1. The van der Waals surface area contributed by atoms with Crippen LogP contribution >= 0.6 is 11.3 Å². The molecule has 0 bridgehead atoms. The van der Waals surface area contributed by atoms with E-state index < -0.39 is 17.0 Å². The molecule has 8 heteroatoms. The normalized spacial score (nSPS) is 11.3. The van der Waals surface area contributed by atoms with Crippen molar-refractivity contribution < 1.29 is 27.8 Å². The average Bonchev–Trinajstić information content (AvgIpc) is 3.04. The van der Waals surface area contributed by atoms with Gasteiger partial charge in [-0.25, -0.2) is 4.79 Å². The van der Waals surface area contributed by atoms with Crippen molar-refractivity contribution in [1.29, 1.82) is 5.26 Å². The maximum absolute atomic E-state index is 13.0. The summed E-state index contributed by atoms with van der Waals surface area (Å²) < 4.78 is 44.0. The lowest BCUT2D eigenvalue weighted by atomic mass is 9.99. The number of phenolic OH excluding ortho intramolecular Hbond substituents is 1. The van der Waals surface area contributed by atoms with Crippen LogP contribution in [0.5, 0.6) is 5.75 Å². The number of ether oxygens (including phenoxy) is 1. The number of benzene rings is 2. The molecule has 132 valence electrons. The zero-order valence-corrected chi connectivity index (χ0v) is 14.0. The Morgan fingerprint density at radius 3 is 2.54 bits per heavy atom. The van der Waals surface area contributed by atoms with Crippen LogP contribution in [0.25, 0.3) is 21.2 Å². The van der Waals surface area contributed by atoms with E-state index >= 15 is 0 Å². The van der Waals surface area contributed by atoms with Gasteiger partial charge >= 0.3 is 12.1 Å². The molecule has 1 aromatic heterocycles. The van der Waals surface area contributed by atoms with Gasteiger partial charge in [-0.3, -0.25) is 0 Å². The summed E-state index contributed by atoms with van der Waals surface area (Å²) in [4.78, 5) is 10.8. The highest BCUT2D eigenvalue weighted by molar-refractivity contribution is 7.19. The van der Waals surface area contributed by atoms with Gasteiger partial charge in [-0.1, -0.05) is 6.07 Å². The molecule has 0 aliphatic carbocycles. The monoisotopic (exact) mass is 377 g/mol. The highest BCUT2D eigenvalue weighted by Gasteiger charge is 2.33. The van der Waals surface area contributed by atoms with Crippen molar-refractivity contribution in [3.63, 3.8) is 0 Å². The Morgan fingerprint density at radius 2 is 1.96 bits per heavy atom. The number of fused-ring (bicyclic) bond motifs is 1. The Bertz CT molecular complexity index is 1060. The van der Waals surface area contributed by atoms with Crippen LogP contribution in [0.15, 0.2) is 36.4 Å². The van der Waals surface area contributed by atoms with Crippen molar-refractivity contribution in [3.8, 4) is 22.9 Å². The summed E-state index contributed by atoms with van der Waals surface area (Å²) >= 11 is 0.558. The molecule has 26 heavy (non-hydrogen) atoms. The topological polar surface area (TPSA) is 70.3 Å². The zero-order chi connectivity index (χ0) is 19.1. The molecular weight excluding hydrogens is 367 g/mol. The van der Waals surface area contributed by atoms with Gasteiger partial charge in [0, 0.05) is 10.3 Å². The molecule has 0 aliphatic heterocycles. The number of methoxy groups -OCH3 is 1. The summed E-state index contributed by atoms with van der Waals surface area (Å²) in [5, 5.41) is 19.5. The summed E-state index contributed by atoms with van der Waals surface area (Å²) in [6.45, 7) is 0. The van der Waals surface area contributed by atoms with Crippen LogP contribution in [0.1, 0.15) is 20.8 Å². The first-order valence-corrected chi connectivity index (χ1v) is 8.03. The summed E-state index contributed by atoms with van der Waals surface area (Å²) in [7, 11) is 1.17. The Balaban J connectivity index is 2.24. The lowest BCUT2D eigenvalue weighted by Crippen LogP contribution is -2.01. The fraction of sp³-hybridized carbons (Fsp3) is 0.111. The molecule has 0 amide bonds. The number of hydrogen-bond acceptors (Lipinski definition) is 5. The van der Waals surface area contributed by atoms with E-state index in [9.17, 15) is 23.1 Å². The molecule has 0 saturated carbocycles. The highest BCUT2D eigenvalue weighted by Crippen LogP contribution is 2.43. The number of carbonyl (C=O) groups excluding carboxylic acids is 1. The van der Waals surface area contributed by atoms with Crippen LogP contribution in [-0.4, -0.2) is 18.2 Å². The maximum Gasteiger partial charge on any atom is 0.425 e. The standard InChI is InChI=1S/C18H10F3NO3S/c1-25-17(24)12-3-2-10(6-14(12)23)13-5-9(8-22)4-11-7-15(18(19,20)21)26-16(11)13/h2-7,23H,1H3. The van der Waals surface area contributed by atoms with Crippen LogP contribution in [0.3, 0.4) is 0 Å². The van der Waals surface area contributed by atoms with Gasteiger partial charge in [-0.15, -0.1) is 11.3 Å². The molecule has 0 radical (unpaired) electrons. The Kier molecular flexibility index (Phi) is 4.34. The van der Waals surface area contributed by atoms with Gasteiger partial charge in [0.15, 0.2) is 0 Å². The molecule has 1 N–H and O–H groups in total. The van der Waals surface area contributed by atoms with Crippen molar-refractivity contribution in [1.82, 2.24) is 0 Å². The van der Waals surface area contributed by atoms with Crippen molar-refractivity contribution >= 4 is 27.4 Å². The van der Waals surface area contributed by atoms with Crippen molar-refractivity contribution in [2.75, 3.05) is 7.11 Å². The molecule has 0 atom stereocenters. The number of halogens is 3. The third-order valence-electron chi connectivity index (χ3n) is 3.74. The fourth-order valence-electron chi connectivity index (χ4n) is 2.55. The predicted molar refractivity (Wildman–Crippen MR) is 90.0 cm³/mol. The molecule has 4 nitrogen and oxygen atoms in total. The number of hydrogen-bond donors (Lipinski definition) is 1. The largest absolute Gasteiger partial charge is 0.507 e. The lowest BCUT2D eigenvalue weighted by Gasteiger charge is -2.08. The van der Waals surface area contributed by atoms with Gasteiger partial charge < -0.3 is 9.84 Å². The minimum atomic E-state index is -4.50. The fourth-order valence-corrected chi connectivity index (χ4v) is 3.60. The number of rotatable bonds is 2. The highest BCUT2D eigenvalue weighted by atomic mass is 32.1. The van der Waals surface area contributed by atoms with Gasteiger partial charge in [0.1, 0.15) is 16.2 Å². The first-order chi connectivity index (χ1) is 12.2. The van der Waals surface area contributed by atoms with Crippen LogP contribution < -0.4 is 0 Å². The van der Waals surface area contributed by atoms with E-state index in [4.69, 9.17) is 5.26 Å². The second kappa shape index (κ2) is 6.35. The summed E-state index contributed by atoms with van der Waals surface area (Å²) in [5.74, 6) is -1.10. The van der Waals surface area contributed by atoms with Gasteiger partial charge in [-0.05, 0) is 41.3 Å². The molecular formula is C18H10F3NO3S. The maximum atomic E-state index is 13.0. The number of alkyl halides is 3. The van der Waals surface area contributed by atoms with E-state index in [1.165, 1.54) is 37.4 Å². The van der Waals surface area contributed by atoms with Crippen LogP contribution in [0.4, 0.5) is 13.2 Å². The van der Waals surface area contributed by atoms with E-state index in [0.29, 0.717) is 27.2 Å². The third kappa shape index (κ3) is 3.09. The number of phenols is 1. The molecule has 0 unspecified atom stereocenters. The third-order valence-corrected chi connectivity index (χ3v) is 4.97. The number of thiophene rings is 1. The van der Waals surface area contributed by atoms with Crippen molar-refractivity contribution in [2.45, 2.75) is 6.18 Å². The van der Waals surface area contributed by atoms with E-state index in [2.05, 4.69) is 4.74 Å². The predicted octanol–water partition coefficient (Wildman–Crippen LogP) is 4.95. The quantitative estimate of drug-likeness (QED) is 0.642. The Morgan fingerprint density at radius 1 is 1.23 bits per heavy atom. The average molecular weight is 377 g/mol. The van der Waals surface area contributed by atoms with Crippen molar-refractivity contribution in [3.05, 3.63) is 52.4 Å². The summed E-state index contributed by atoms with van der Waals surface area (Å²) in [6, 6.07) is 9.80. The number of nitriles is 1. The first-order valence-electron chi connectivity index (χ1n) is 7.21. The smallest absolute Gasteiger partial charge is 0.425 e. The van der Waals surface area contributed by atoms with Gasteiger partial charge in [0.25, 0.3) is 0 Å². The molecule has 3 rings (SSSR count). The van der Waals surface area contributed by atoms with Gasteiger partial charge in [0.2, 0.25) is 0 Å². The lowest BCUT2D eigenvalue weighted by molar-refractivity contribution is -0.134. The molecule has 0 aliphatic rings. The van der Waals surface area contributed by atoms with Crippen molar-refractivity contribution in [2.24, 2.45) is 0 Å². The zero-order valence-electron chi connectivity index (χ0n) is 13.2. The minimum Gasteiger partial charge on any atom is -0.507 e. The molecule has 2 aromatic carbocycles. The minimum absolute atomic E-state index is 0.0638. The van der Waals surface area contributed by atoms with E-state index in [-0.39, 0.29) is 22.3 Å². The van der Waals surface area contributed by atoms with Gasteiger partial charge in [0.05, 0.1) is 18.7 Å². The first kappa shape index (κ1) is 17.8. The molecule has 3 aromatic rings. The number of carbonyl (C=O) groups is 1. The van der Waals surface area contributed by atoms with Crippen LogP contribution in [0, 0.1) is 11.3 Å². The summed E-state index contributed by atoms with van der Waals surface area (Å²) in [5.41, 5.74) is 0.876. The van der Waals surface area contributed by atoms with E-state index in [1.54, 1.807) is 0 Å². The molecule has 1 heterocycles. The van der Waals surface area contributed by atoms with Crippen LogP contribution in [0.2, 0.25) is 0 Å². The Hall–Kier alpha value is -3.05. The molecule has 0 saturated heterocycles. The van der Waals surface area contributed by atoms with Gasteiger partial charge in [-0.2, -0.15) is 18.4 Å².